The van der Waals surface area contributed by atoms with Crippen molar-refractivity contribution >= 4 is 24.1 Å². The number of hydrogen-bond donors (Lipinski definition) is 0. The lowest BCUT2D eigenvalue weighted by Gasteiger charge is -2.24. The van der Waals surface area contributed by atoms with Crippen molar-refractivity contribution in [3.8, 4) is 0 Å². The summed E-state index contributed by atoms with van der Waals surface area (Å²) in [4.78, 5) is 48.0. The summed E-state index contributed by atoms with van der Waals surface area (Å²) < 4.78 is 14.6. The van der Waals surface area contributed by atoms with Gasteiger partial charge in [-0.05, 0) is 26.3 Å². The third kappa shape index (κ3) is 5.03. The fraction of sp³-hybridized carbons (Fsp3) is 0.412. The average Bonchev–Trinajstić information content (AvgIpc) is 2.78. The SMILES string of the molecule is CC(C)(C)OC(=O)N1C(=O)OC(=O)[C@@H]1CC(=O)OCc1ccccc1. The van der Waals surface area contributed by atoms with Gasteiger partial charge in [0.15, 0.2) is 6.04 Å². The van der Waals surface area contributed by atoms with Gasteiger partial charge in [0.05, 0.1) is 6.42 Å². The summed E-state index contributed by atoms with van der Waals surface area (Å²) in [6, 6.07) is 7.55. The Morgan fingerprint density at radius 3 is 2.40 bits per heavy atom. The number of hydrogen-bond acceptors (Lipinski definition) is 7. The summed E-state index contributed by atoms with van der Waals surface area (Å²) >= 11 is 0. The first-order valence-corrected chi connectivity index (χ1v) is 7.65. The van der Waals surface area contributed by atoms with Crippen LogP contribution in [0.2, 0.25) is 0 Å². The molecule has 0 spiro atoms. The topological polar surface area (TPSA) is 99.2 Å². The molecule has 0 aliphatic carbocycles. The lowest BCUT2D eigenvalue weighted by atomic mass is 10.2. The summed E-state index contributed by atoms with van der Waals surface area (Å²) in [7, 11) is 0. The molecule has 2 rings (SSSR count). The summed E-state index contributed by atoms with van der Waals surface area (Å²) in [6.45, 7) is 4.84. The van der Waals surface area contributed by atoms with E-state index in [1.807, 2.05) is 6.07 Å². The van der Waals surface area contributed by atoms with Crippen LogP contribution in [-0.4, -0.2) is 40.7 Å². The Labute approximate surface area is 144 Å². The Hall–Kier alpha value is -2.90. The van der Waals surface area contributed by atoms with Crippen LogP contribution < -0.4 is 0 Å². The Morgan fingerprint density at radius 1 is 1.16 bits per heavy atom. The number of carbonyl (C=O) groups excluding carboxylic acids is 4. The Balaban J connectivity index is 1.99. The van der Waals surface area contributed by atoms with Crippen LogP contribution >= 0.6 is 0 Å². The Kier molecular flexibility index (Phi) is 5.41. The highest BCUT2D eigenvalue weighted by Gasteiger charge is 2.48. The van der Waals surface area contributed by atoms with Crippen molar-refractivity contribution < 1.29 is 33.4 Å². The molecule has 0 unspecified atom stereocenters. The van der Waals surface area contributed by atoms with Crippen molar-refractivity contribution in [3.63, 3.8) is 0 Å². The van der Waals surface area contributed by atoms with E-state index in [4.69, 9.17) is 9.47 Å². The molecule has 134 valence electrons. The molecule has 0 radical (unpaired) electrons. The molecule has 1 aromatic carbocycles. The first-order chi connectivity index (χ1) is 11.7. The van der Waals surface area contributed by atoms with Gasteiger partial charge < -0.3 is 14.2 Å². The molecule has 25 heavy (non-hydrogen) atoms. The first kappa shape index (κ1) is 18.4. The van der Waals surface area contributed by atoms with E-state index in [-0.39, 0.29) is 6.61 Å². The third-order valence-corrected chi connectivity index (χ3v) is 3.16. The van der Waals surface area contributed by atoms with E-state index in [1.165, 1.54) is 0 Å². The molecule has 0 saturated carbocycles. The van der Waals surface area contributed by atoms with Gasteiger partial charge in [-0.15, -0.1) is 0 Å². The van der Waals surface area contributed by atoms with Gasteiger partial charge in [-0.3, -0.25) is 4.79 Å². The van der Waals surface area contributed by atoms with E-state index in [2.05, 4.69) is 4.74 Å². The zero-order valence-corrected chi connectivity index (χ0v) is 14.2. The van der Waals surface area contributed by atoms with Crippen molar-refractivity contribution in [3.05, 3.63) is 35.9 Å². The van der Waals surface area contributed by atoms with E-state index in [1.54, 1.807) is 45.0 Å². The highest BCUT2D eigenvalue weighted by molar-refractivity contribution is 6.05. The number of imide groups is 1. The molecule has 1 aromatic rings. The molecule has 8 nitrogen and oxygen atoms in total. The van der Waals surface area contributed by atoms with Crippen LogP contribution in [0.15, 0.2) is 30.3 Å². The maximum absolute atomic E-state index is 12.1. The van der Waals surface area contributed by atoms with Crippen LogP contribution in [0.5, 0.6) is 0 Å². The van der Waals surface area contributed by atoms with Gasteiger partial charge in [-0.25, -0.2) is 14.4 Å². The standard InChI is InChI=1S/C17H19NO7/c1-17(2,3)25-16(22)18-12(14(20)24-15(18)21)9-13(19)23-10-11-7-5-4-6-8-11/h4-8,12H,9-10H2,1-3H3/t12-/m0/s1. The van der Waals surface area contributed by atoms with Crippen LogP contribution in [0.1, 0.15) is 32.8 Å². The number of rotatable bonds is 4. The molecule has 8 heteroatoms. The Bertz CT molecular complexity index is 678. The van der Waals surface area contributed by atoms with Crippen LogP contribution in [-0.2, 0) is 30.4 Å². The number of nitrogens with zero attached hydrogens (tertiary/aromatic N) is 1. The van der Waals surface area contributed by atoms with E-state index in [0.717, 1.165) is 5.56 Å². The molecule has 2 amide bonds. The number of ether oxygens (including phenoxy) is 3. The summed E-state index contributed by atoms with van der Waals surface area (Å²) in [5.41, 5.74) is -0.105. The van der Waals surface area contributed by atoms with Gasteiger partial charge in [-0.2, -0.15) is 4.90 Å². The first-order valence-electron chi connectivity index (χ1n) is 7.65. The van der Waals surface area contributed by atoms with Gasteiger partial charge in [0, 0.05) is 0 Å². The summed E-state index contributed by atoms with van der Waals surface area (Å²) in [6.07, 6.45) is -2.72. The van der Waals surface area contributed by atoms with Crippen LogP contribution in [0.25, 0.3) is 0 Å². The zero-order chi connectivity index (χ0) is 18.6. The molecule has 1 aliphatic heterocycles. The van der Waals surface area contributed by atoms with Crippen LogP contribution in [0.4, 0.5) is 9.59 Å². The maximum Gasteiger partial charge on any atom is 0.427 e. The van der Waals surface area contributed by atoms with Crippen LogP contribution in [0.3, 0.4) is 0 Å². The van der Waals surface area contributed by atoms with Crippen LogP contribution in [0, 0.1) is 0 Å². The van der Waals surface area contributed by atoms with Gasteiger partial charge >= 0.3 is 24.1 Å². The lowest BCUT2D eigenvalue weighted by molar-refractivity contribution is -0.149. The molecule has 1 fully saturated rings. The molecule has 0 aromatic heterocycles. The third-order valence-electron chi connectivity index (χ3n) is 3.16. The second-order valence-corrected chi connectivity index (χ2v) is 6.40. The summed E-state index contributed by atoms with van der Waals surface area (Å²) in [5, 5.41) is 0. The van der Waals surface area contributed by atoms with Crippen molar-refractivity contribution in [2.75, 3.05) is 0 Å². The predicted octanol–water partition coefficient (Wildman–Crippen LogP) is 2.40. The monoisotopic (exact) mass is 349 g/mol. The average molecular weight is 349 g/mol. The minimum absolute atomic E-state index is 0.0157. The van der Waals surface area contributed by atoms with Gasteiger partial charge in [0.2, 0.25) is 0 Å². The van der Waals surface area contributed by atoms with Gasteiger partial charge in [-0.1, -0.05) is 30.3 Å². The normalized spacial score (nSPS) is 17.2. The second kappa shape index (κ2) is 7.33. The van der Waals surface area contributed by atoms with E-state index < -0.39 is 42.2 Å². The number of benzene rings is 1. The number of cyclic esters (lactones) is 2. The van der Waals surface area contributed by atoms with Gasteiger partial charge in [0.1, 0.15) is 12.2 Å². The fourth-order valence-electron chi connectivity index (χ4n) is 2.08. The van der Waals surface area contributed by atoms with Crippen molar-refractivity contribution in [2.24, 2.45) is 0 Å². The molecule has 1 aliphatic rings. The molecule has 0 bridgehead atoms. The fourth-order valence-corrected chi connectivity index (χ4v) is 2.08. The smallest absolute Gasteiger partial charge is 0.427 e. The highest BCUT2D eigenvalue weighted by atomic mass is 16.6. The minimum Gasteiger partial charge on any atom is -0.461 e. The van der Waals surface area contributed by atoms with Gasteiger partial charge in [0.25, 0.3) is 0 Å². The van der Waals surface area contributed by atoms with Crippen molar-refractivity contribution in [1.29, 1.82) is 0 Å². The minimum atomic E-state index is -1.40. The second-order valence-electron chi connectivity index (χ2n) is 6.40. The molecule has 1 atom stereocenters. The number of carbonyl (C=O) groups is 4. The lowest BCUT2D eigenvalue weighted by Crippen LogP contribution is -2.44. The zero-order valence-electron chi connectivity index (χ0n) is 14.2. The van der Waals surface area contributed by atoms with E-state index >= 15 is 0 Å². The largest absolute Gasteiger partial charge is 0.461 e. The maximum atomic E-state index is 12.1. The predicted molar refractivity (Wildman–Crippen MR) is 84.2 cm³/mol. The summed E-state index contributed by atoms with van der Waals surface area (Å²) in [5.74, 6) is -1.73. The number of amides is 2. The molecule has 0 N–H and O–H groups in total. The van der Waals surface area contributed by atoms with E-state index in [0.29, 0.717) is 4.90 Å². The molecular weight excluding hydrogens is 330 g/mol. The molecule has 1 saturated heterocycles. The molecule has 1 heterocycles. The van der Waals surface area contributed by atoms with Crippen molar-refractivity contribution in [2.45, 2.75) is 45.4 Å². The van der Waals surface area contributed by atoms with E-state index in [9.17, 15) is 19.2 Å². The highest BCUT2D eigenvalue weighted by Crippen LogP contribution is 2.21. The Morgan fingerprint density at radius 2 is 1.80 bits per heavy atom. The molecular formula is C17H19NO7. The van der Waals surface area contributed by atoms with Crippen molar-refractivity contribution in [1.82, 2.24) is 4.90 Å². The number of esters is 2. The quantitative estimate of drug-likeness (QED) is 0.467.